The van der Waals surface area contributed by atoms with E-state index in [9.17, 15) is 58.5 Å². The van der Waals surface area contributed by atoms with Crippen molar-refractivity contribution in [1.29, 1.82) is 0 Å². The van der Waals surface area contributed by atoms with E-state index in [1.807, 2.05) is 18.2 Å². The number of carboxylic acid groups (broad SMARTS) is 1. The summed E-state index contributed by atoms with van der Waals surface area (Å²) in [5, 5.41) is 48.8. The summed E-state index contributed by atoms with van der Waals surface area (Å²) in [6.45, 7) is 1.47. The van der Waals surface area contributed by atoms with Crippen molar-refractivity contribution in [1.82, 2.24) is 42.2 Å². The molecule has 15 N–H and O–H groups in total. The Morgan fingerprint density at radius 1 is 0.699 bits per heavy atom. The number of hydrogen-bond donors (Lipinski definition) is 13. The summed E-state index contributed by atoms with van der Waals surface area (Å²) in [4.78, 5) is 127. The van der Waals surface area contributed by atoms with E-state index < -0.39 is 114 Å². The minimum Gasteiger partial charge on any atom is -0.508 e. The molecule has 1 aliphatic rings. The van der Waals surface area contributed by atoms with Crippen LogP contribution in [0.4, 0.5) is 0 Å². The second-order valence-corrected chi connectivity index (χ2v) is 20.0. The van der Waals surface area contributed by atoms with Gasteiger partial charge in [0.2, 0.25) is 47.3 Å². The van der Waals surface area contributed by atoms with Gasteiger partial charge in [0.25, 0.3) is 0 Å². The van der Waals surface area contributed by atoms with E-state index >= 15 is 0 Å². The average molecular weight is 1050 g/mol. The lowest BCUT2D eigenvalue weighted by Crippen LogP contribution is -2.61. The van der Waals surface area contributed by atoms with Gasteiger partial charge in [0.15, 0.2) is 0 Å². The molecule has 3 aromatic carbocycles. The molecule has 8 atom stereocenters. The zero-order valence-electron chi connectivity index (χ0n) is 40.0. The number of aromatic hydroxyl groups is 1. The Morgan fingerprint density at radius 3 is 1.89 bits per heavy atom. The lowest BCUT2D eigenvalue weighted by atomic mass is 10.0. The van der Waals surface area contributed by atoms with Crippen LogP contribution in [0.25, 0.3) is 10.9 Å². The molecule has 0 radical (unpaired) electrons. The van der Waals surface area contributed by atoms with Gasteiger partial charge in [-0.3, -0.25) is 43.2 Å². The van der Waals surface area contributed by atoms with E-state index in [1.54, 1.807) is 42.6 Å². The number of primary amides is 1. The van der Waals surface area contributed by atoms with Gasteiger partial charge >= 0.3 is 5.97 Å². The number of nitrogens with one attached hydrogen (secondary N) is 8. The number of carbonyl (C=O) groups is 9. The molecule has 1 fully saturated rings. The molecule has 5 rings (SSSR count). The number of aromatic amines is 1. The van der Waals surface area contributed by atoms with Crippen LogP contribution in [-0.4, -0.2) is 140 Å². The second-order valence-electron chi connectivity index (χ2n) is 17.4. The lowest BCUT2D eigenvalue weighted by Gasteiger charge is -2.28. The first-order valence-electron chi connectivity index (χ1n) is 23.5. The number of aliphatic hydroxyl groups excluding tert-OH is 1. The second kappa shape index (κ2) is 28.2. The number of phenolic OH excluding ortho intramolecular Hbond substituents is 1. The fraction of sp³-hybridized carbons (Fsp3) is 0.408. The SMILES string of the molecule is C[C@@H](O)[C@H](NC(=O)[C@@H]1CSSC[C@H](NC(=O)CCC(=O)O)C(=O)N[C@@H](Cc2ccccc2)C(=O)N[C@@H](Cc2c[nH]c3ccccc23)C(=O)N[C@@H](CCCCN)C(=O)N[C@@H](Cc2ccc(O)cc2)C(=O)N1)C(N)=O. The van der Waals surface area contributed by atoms with E-state index in [-0.39, 0.29) is 49.5 Å². The predicted molar refractivity (Wildman–Crippen MR) is 273 cm³/mol. The molecule has 0 saturated carbocycles. The molecule has 2 heterocycles. The van der Waals surface area contributed by atoms with Crippen molar-refractivity contribution in [3.63, 3.8) is 0 Å². The molecule has 24 heteroatoms. The molecule has 392 valence electrons. The third-order valence-corrected chi connectivity index (χ3v) is 14.1. The Morgan fingerprint density at radius 2 is 1.26 bits per heavy atom. The largest absolute Gasteiger partial charge is 0.508 e. The maximum absolute atomic E-state index is 14.7. The summed E-state index contributed by atoms with van der Waals surface area (Å²) in [6, 6.07) is 11.6. The van der Waals surface area contributed by atoms with E-state index in [2.05, 4.69) is 42.2 Å². The first-order chi connectivity index (χ1) is 34.9. The normalized spacial score (nSPS) is 21.5. The molecule has 22 nitrogen and oxygen atoms in total. The third-order valence-electron chi connectivity index (χ3n) is 11.7. The zero-order chi connectivity index (χ0) is 53.0. The third kappa shape index (κ3) is 17.8. The number of aliphatic carboxylic acids is 1. The van der Waals surface area contributed by atoms with Crippen molar-refractivity contribution < 1.29 is 58.5 Å². The molecular weight excluding hydrogens is 985 g/mol. The number of carboxylic acids is 1. The number of carbonyl (C=O) groups excluding carboxylic acids is 8. The molecular formula is C49H62N10O12S2. The topological polar surface area (TPSA) is 366 Å². The van der Waals surface area contributed by atoms with Crippen LogP contribution in [-0.2, 0) is 62.4 Å². The summed E-state index contributed by atoms with van der Waals surface area (Å²) in [7, 11) is 1.90. The quantitative estimate of drug-likeness (QED) is 0.0444. The summed E-state index contributed by atoms with van der Waals surface area (Å²) < 4.78 is 0. The molecule has 4 aromatic rings. The minimum absolute atomic E-state index is 0.0229. The van der Waals surface area contributed by atoms with Gasteiger partial charge in [-0.05, 0) is 67.6 Å². The van der Waals surface area contributed by atoms with Gasteiger partial charge in [0.05, 0.1) is 12.5 Å². The van der Waals surface area contributed by atoms with Crippen molar-refractivity contribution >= 4 is 85.7 Å². The first-order valence-corrected chi connectivity index (χ1v) is 26.0. The number of aromatic nitrogens is 1. The van der Waals surface area contributed by atoms with Gasteiger partial charge in [-0.2, -0.15) is 0 Å². The number of benzene rings is 3. The lowest BCUT2D eigenvalue weighted by molar-refractivity contribution is -0.139. The van der Waals surface area contributed by atoms with Crippen molar-refractivity contribution in [3.8, 4) is 5.75 Å². The Hall–Kier alpha value is -7.15. The highest BCUT2D eigenvalue weighted by Gasteiger charge is 2.36. The van der Waals surface area contributed by atoms with Crippen molar-refractivity contribution in [2.45, 2.75) is 107 Å². The maximum atomic E-state index is 14.7. The molecule has 0 bridgehead atoms. The van der Waals surface area contributed by atoms with Gasteiger partial charge in [-0.1, -0.05) is 82.3 Å². The number of hydrogen-bond acceptors (Lipinski definition) is 14. The Kier molecular flexibility index (Phi) is 21.9. The van der Waals surface area contributed by atoms with Crippen LogP contribution in [0.3, 0.4) is 0 Å². The number of H-pyrrole nitrogens is 1. The Bertz CT molecular complexity index is 2570. The summed E-state index contributed by atoms with van der Waals surface area (Å²) in [5.74, 6) is -8.92. The number of para-hydroxylation sites is 1. The fourth-order valence-corrected chi connectivity index (χ4v) is 10.1. The van der Waals surface area contributed by atoms with E-state index in [0.717, 1.165) is 32.5 Å². The summed E-state index contributed by atoms with van der Waals surface area (Å²) in [6.07, 6.45) is -0.430. The van der Waals surface area contributed by atoms with Gasteiger partial charge in [-0.25, -0.2) is 0 Å². The molecule has 1 saturated heterocycles. The molecule has 0 aliphatic carbocycles. The number of phenols is 1. The van der Waals surface area contributed by atoms with Gasteiger partial charge in [-0.15, -0.1) is 0 Å². The monoisotopic (exact) mass is 1050 g/mol. The maximum Gasteiger partial charge on any atom is 0.303 e. The van der Waals surface area contributed by atoms with Crippen molar-refractivity contribution in [3.05, 3.63) is 102 Å². The van der Waals surface area contributed by atoms with Crippen LogP contribution < -0.4 is 48.7 Å². The van der Waals surface area contributed by atoms with Gasteiger partial charge in [0.1, 0.15) is 48.0 Å². The molecule has 1 aliphatic heterocycles. The molecule has 8 amide bonds. The zero-order valence-corrected chi connectivity index (χ0v) is 41.6. The highest BCUT2D eigenvalue weighted by atomic mass is 33.1. The van der Waals surface area contributed by atoms with Crippen molar-refractivity contribution in [2.24, 2.45) is 11.5 Å². The van der Waals surface area contributed by atoms with Crippen LogP contribution in [0.15, 0.2) is 85.1 Å². The Labute approximate surface area is 428 Å². The first kappa shape index (κ1) is 56.8. The van der Waals surface area contributed by atoms with Gasteiger partial charge in [0, 0.05) is 54.3 Å². The fourth-order valence-electron chi connectivity index (χ4n) is 7.76. The minimum atomic E-state index is -1.59. The van der Waals surface area contributed by atoms with Crippen LogP contribution in [0.2, 0.25) is 0 Å². The highest BCUT2D eigenvalue weighted by Crippen LogP contribution is 2.25. The molecule has 0 unspecified atom stereocenters. The number of fused-ring (bicyclic) bond motifs is 1. The van der Waals surface area contributed by atoms with Crippen LogP contribution in [0.5, 0.6) is 5.75 Å². The number of amides is 8. The smallest absolute Gasteiger partial charge is 0.303 e. The molecule has 73 heavy (non-hydrogen) atoms. The highest BCUT2D eigenvalue weighted by molar-refractivity contribution is 8.76. The number of rotatable bonds is 18. The van der Waals surface area contributed by atoms with Crippen LogP contribution in [0.1, 0.15) is 55.7 Å². The van der Waals surface area contributed by atoms with E-state index in [0.29, 0.717) is 29.5 Å². The van der Waals surface area contributed by atoms with E-state index in [4.69, 9.17) is 11.5 Å². The van der Waals surface area contributed by atoms with Gasteiger partial charge < -0.3 is 69.0 Å². The number of aliphatic hydroxyl groups is 1. The average Bonchev–Trinajstić information content (AvgIpc) is 3.77. The van der Waals surface area contributed by atoms with Crippen LogP contribution in [0, 0.1) is 0 Å². The Balaban J connectivity index is 1.61. The number of nitrogens with two attached hydrogens (primary N) is 2. The van der Waals surface area contributed by atoms with E-state index in [1.165, 1.54) is 31.2 Å². The standard InChI is InChI=1S/C49H62N10O12S2/c1-27(60)42(43(51)65)59-49(71)39-26-73-72-25-38(53-40(62)18-19-41(63)64)48(70)56-35(21-28-9-3-2-4-10-28)45(67)57-37(23-30-24-52-33-12-6-5-11-32(30)33)47(69)54-34(13-7-8-20-50)44(66)55-36(46(68)58-39)22-29-14-16-31(61)17-15-29/h2-6,9-12,14-17,24,27,34-39,42,52,60-61H,7-8,13,18-23,25-26,50H2,1H3,(H2,51,65)(H,53,62)(H,54,69)(H,55,66)(H,56,70)(H,57,67)(H,58,68)(H,59,71)(H,63,64)/t27-,34+,35+,36+,37+,38+,39+,42+/m1/s1. The van der Waals surface area contributed by atoms with Crippen LogP contribution >= 0.6 is 21.6 Å². The predicted octanol–water partition coefficient (Wildman–Crippen LogP) is -0.450. The summed E-state index contributed by atoms with van der Waals surface area (Å²) in [5.41, 5.74) is 13.7. The molecule has 1 aromatic heterocycles. The van der Waals surface area contributed by atoms with Crippen molar-refractivity contribution in [2.75, 3.05) is 18.1 Å². The summed E-state index contributed by atoms with van der Waals surface area (Å²) >= 11 is 0. The molecule has 0 spiro atoms. The number of unbranched alkanes of at least 4 members (excludes halogenated alkanes) is 1.